The second-order valence-corrected chi connectivity index (χ2v) is 14.1. The molecule has 1 unspecified atom stereocenters. The number of hydrogen-bond donors (Lipinski definition) is 0. The van der Waals surface area contributed by atoms with Gasteiger partial charge in [0.05, 0.1) is 13.2 Å². The minimum atomic E-state index is -3.56. The number of rotatable bonds is 31. The van der Waals surface area contributed by atoms with Crippen LogP contribution < -0.4 is 0 Å². The van der Waals surface area contributed by atoms with Gasteiger partial charge < -0.3 is 13.9 Å². The Labute approximate surface area is 250 Å². The highest BCUT2D eigenvalue weighted by atomic mass is 31.2. The first-order valence-corrected chi connectivity index (χ1v) is 19.3. The fraction of sp³-hybridized carbons (Fsp3) is 0.971. The number of nitrogens with zero attached hydrogens (tertiary/aromatic N) is 1. The fourth-order valence-electron chi connectivity index (χ4n) is 5.13. The molecule has 0 aliphatic carbocycles. The number of carbonyl (C=O) groups excluding carboxylic acids is 1. The van der Waals surface area contributed by atoms with Crippen LogP contribution in [0.5, 0.6) is 0 Å². The van der Waals surface area contributed by atoms with Crippen LogP contribution in [0.3, 0.4) is 0 Å². The Kier molecular flexibility index (Phi) is 28.5. The van der Waals surface area contributed by atoms with Crippen LogP contribution in [-0.4, -0.2) is 42.8 Å². The summed E-state index contributed by atoms with van der Waals surface area (Å²) in [6, 6.07) is 0. The Morgan fingerprint density at radius 3 is 1.27 bits per heavy atom. The minimum absolute atomic E-state index is 0.0204. The maximum atomic E-state index is 14.4. The van der Waals surface area contributed by atoms with E-state index in [4.69, 9.17) is 9.05 Å². The molecule has 0 aromatic carbocycles. The molecule has 0 N–H and O–H groups in total. The molecule has 0 fully saturated rings. The molecule has 0 spiro atoms. The molecule has 40 heavy (non-hydrogen) atoms. The van der Waals surface area contributed by atoms with E-state index in [-0.39, 0.29) is 5.91 Å². The lowest BCUT2D eigenvalue weighted by molar-refractivity contribution is -0.131. The molecule has 5 nitrogen and oxygen atoms in total. The zero-order valence-electron chi connectivity index (χ0n) is 27.7. The van der Waals surface area contributed by atoms with E-state index in [9.17, 15) is 9.36 Å². The molecule has 0 aliphatic heterocycles. The quantitative estimate of drug-likeness (QED) is 0.0598. The molecule has 0 rings (SSSR count). The van der Waals surface area contributed by atoms with Gasteiger partial charge in [-0.1, -0.05) is 150 Å². The van der Waals surface area contributed by atoms with E-state index in [1.54, 1.807) is 0 Å². The predicted molar refractivity (Wildman–Crippen MR) is 174 cm³/mol. The SMILES string of the molecule is CCCCCCCCC(C(=O)N(CCCCCCCC)CCCCCCCC)P(=O)(OCCCC)OCCCC. The average molecular weight is 588 g/mol. The van der Waals surface area contributed by atoms with Crippen molar-refractivity contribution in [1.82, 2.24) is 4.90 Å². The van der Waals surface area contributed by atoms with E-state index in [1.807, 2.05) is 4.90 Å². The molecule has 0 aromatic rings. The topological polar surface area (TPSA) is 55.8 Å². The van der Waals surface area contributed by atoms with Gasteiger partial charge in [-0.25, -0.2) is 0 Å². The average Bonchev–Trinajstić information content (AvgIpc) is 2.95. The van der Waals surface area contributed by atoms with Crippen LogP contribution in [0.2, 0.25) is 0 Å². The summed E-state index contributed by atoms with van der Waals surface area (Å²) >= 11 is 0. The van der Waals surface area contributed by atoms with Crippen molar-refractivity contribution in [3.8, 4) is 0 Å². The molecule has 1 atom stereocenters. The largest absolute Gasteiger partial charge is 0.343 e. The maximum Gasteiger partial charge on any atom is 0.343 e. The van der Waals surface area contributed by atoms with Gasteiger partial charge in [-0.2, -0.15) is 0 Å². The van der Waals surface area contributed by atoms with Gasteiger partial charge in [-0.15, -0.1) is 0 Å². The molecule has 0 radical (unpaired) electrons. The maximum absolute atomic E-state index is 14.4. The Hall–Kier alpha value is -0.380. The van der Waals surface area contributed by atoms with Gasteiger partial charge in [-0.05, 0) is 32.1 Å². The van der Waals surface area contributed by atoms with Crippen molar-refractivity contribution in [3.05, 3.63) is 0 Å². The van der Waals surface area contributed by atoms with E-state index in [1.165, 1.54) is 77.0 Å². The van der Waals surface area contributed by atoms with Crippen molar-refractivity contribution in [3.63, 3.8) is 0 Å². The molecule has 0 aromatic heterocycles. The second-order valence-electron chi connectivity index (χ2n) is 11.8. The highest BCUT2D eigenvalue weighted by Crippen LogP contribution is 2.55. The summed E-state index contributed by atoms with van der Waals surface area (Å²) in [7, 11) is -3.56. The number of carbonyl (C=O) groups is 1. The van der Waals surface area contributed by atoms with Gasteiger partial charge in [0.2, 0.25) is 5.91 Å². The molecule has 0 heterocycles. The van der Waals surface area contributed by atoms with Crippen LogP contribution in [-0.2, 0) is 18.4 Å². The standard InChI is InChI=1S/C34H70NO4P/c1-6-11-16-19-22-25-28-33(40(37,38-31-14-9-4)39-32-15-10-5)34(36)35(29-26-23-20-17-12-7-2)30-27-24-21-18-13-8-3/h33H,6-32H2,1-5H3. The van der Waals surface area contributed by atoms with Crippen LogP contribution in [0.25, 0.3) is 0 Å². The van der Waals surface area contributed by atoms with Crippen LogP contribution in [0.15, 0.2) is 0 Å². The van der Waals surface area contributed by atoms with Gasteiger partial charge in [0.25, 0.3) is 0 Å². The van der Waals surface area contributed by atoms with Gasteiger partial charge in [0.15, 0.2) is 0 Å². The molecule has 0 saturated carbocycles. The van der Waals surface area contributed by atoms with E-state index in [2.05, 4.69) is 34.6 Å². The zero-order chi connectivity index (χ0) is 29.7. The molecule has 240 valence electrons. The Bertz CT molecular complexity index is 570. The lowest BCUT2D eigenvalue weighted by atomic mass is 10.1. The van der Waals surface area contributed by atoms with Crippen LogP contribution >= 0.6 is 7.60 Å². The first-order chi connectivity index (χ1) is 19.5. The number of amides is 1. The lowest BCUT2D eigenvalue weighted by Gasteiger charge is -2.32. The highest BCUT2D eigenvalue weighted by molar-refractivity contribution is 7.55. The molecule has 0 saturated heterocycles. The molecular weight excluding hydrogens is 517 g/mol. The molecular formula is C34H70NO4P. The van der Waals surface area contributed by atoms with E-state index < -0.39 is 13.3 Å². The van der Waals surface area contributed by atoms with Gasteiger partial charge >= 0.3 is 7.60 Å². The van der Waals surface area contributed by atoms with E-state index in [0.29, 0.717) is 19.6 Å². The molecule has 0 bridgehead atoms. The Morgan fingerprint density at radius 1 is 0.525 bits per heavy atom. The summed E-state index contributed by atoms with van der Waals surface area (Å²) < 4.78 is 26.5. The van der Waals surface area contributed by atoms with Gasteiger partial charge in [0.1, 0.15) is 5.66 Å². The molecule has 6 heteroatoms. The van der Waals surface area contributed by atoms with E-state index in [0.717, 1.165) is 77.3 Å². The normalized spacial score (nSPS) is 12.6. The summed E-state index contributed by atoms with van der Waals surface area (Å²) in [5.74, 6) is 0.0204. The van der Waals surface area contributed by atoms with Crippen LogP contribution in [0, 0.1) is 0 Å². The fourth-order valence-corrected chi connectivity index (χ4v) is 7.27. The summed E-state index contributed by atoms with van der Waals surface area (Å²) in [6.45, 7) is 13.2. The Morgan fingerprint density at radius 2 is 0.875 bits per heavy atom. The van der Waals surface area contributed by atoms with Gasteiger partial charge in [0, 0.05) is 13.1 Å². The van der Waals surface area contributed by atoms with Gasteiger partial charge in [-0.3, -0.25) is 9.36 Å². The lowest BCUT2D eigenvalue weighted by Crippen LogP contribution is -2.41. The third kappa shape index (κ3) is 20.5. The second kappa shape index (κ2) is 28.7. The van der Waals surface area contributed by atoms with Crippen LogP contribution in [0.1, 0.15) is 182 Å². The van der Waals surface area contributed by atoms with Crippen molar-refractivity contribution in [1.29, 1.82) is 0 Å². The van der Waals surface area contributed by atoms with Crippen molar-refractivity contribution < 1.29 is 18.4 Å². The monoisotopic (exact) mass is 588 g/mol. The first-order valence-electron chi connectivity index (χ1n) is 17.7. The summed E-state index contributed by atoms with van der Waals surface area (Å²) in [5.41, 5.74) is -0.674. The van der Waals surface area contributed by atoms with Crippen molar-refractivity contribution in [2.45, 2.75) is 188 Å². The minimum Gasteiger partial charge on any atom is -0.342 e. The predicted octanol–water partition coefficient (Wildman–Crippen LogP) is 11.5. The smallest absolute Gasteiger partial charge is 0.342 e. The Balaban J connectivity index is 5.65. The third-order valence-corrected chi connectivity index (χ3v) is 10.2. The highest BCUT2D eigenvalue weighted by Gasteiger charge is 2.42. The summed E-state index contributed by atoms with van der Waals surface area (Å²) in [5, 5.41) is 0. The number of hydrogen-bond acceptors (Lipinski definition) is 4. The summed E-state index contributed by atoms with van der Waals surface area (Å²) in [6.07, 6.45) is 25.5. The number of unbranched alkanes of at least 4 members (excludes halogenated alkanes) is 17. The molecule has 1 amide bonds. The van der Waals surface area contributed by atoms with Crippen molar-refractivity contribution in [2.75, 3.05) is 26.3 Å². The van der Waals surface area contributed by atoms with Crippen molar-refractivity contribution >= 4 is 13.5 Å². The molecule has 0 aliphatic rings. The van der Waals surface area contributed by atoms with Crippen molar-refractivity contribution in [2.24, 2.45) is 0 Å². The third-order valence-electron chi connectivity index (χ3n) is 7.91. The summed E-state index contributed by atoms with van der Waals surface area (Å²) in [4.78, 5) is 16.3. The zero-order valence-corrected chi connectivity index (χ0v) is 28.6. The van der Waals surface area contributed by atoms with Crippen LogP contribution in [0.4, 0.5) is 0 Å². The first kappa shape index (κ1) is 39.6. The van der Waals surface area contributed by atoms with E-state index >= 15 is 0 Å².